The van der Waals surface area contributed by atoms with Gasteiger partial charge in [-0.15, -0.1) is 10.2 Å². The van der Waals surface area contributed by atoms with Crippen LogP contribution in [0.4, 0.5) is 26.1 Å². The predicted octanol–water partition coefficient (Wildman–Crippen LogP) is 4.52. The van der Waals surface area contributed by atoms with Gasteiger partial charge in [0.05, 0.1) is 41.8 Å². The number of aromatic nitrogens is 7. The zero-order valence-corrected chi connectivity index (χ0v) is 21.6. The van der Waals surface area contributed by atoms with Crippen LogP contribution in [-0.2, 0) is 4.74 Å². The maximum atomic E-state index is 13.3. The van der Waals surface area contributed by atoms with Crippen LogP contribution in [0, 0.1) is 0 Å². The standard InChI is InChI=1S/C24H21N9O5S/c1-24(2,3)38-23(37)32(16-4-5-18-13(7-16)9-28-33(18)22(35)36)21-31-30-20(39-21)14-6-15(10-25-8-14)29-19(34)17-11-26-12-27-17/h4-12H,1-3H3,(H,26,27)(H,29,34)(H,35,36). The number of anilines is 3. The first kappa shape index (κ1) is 25.5. The molecule has 0 spiro atoms. The Kier molecular flexibility index (Phi) is 6.49. The van der Waals surface area contributed by atoms with E-state index in [4.69, 9.17) is 4.74 Å². The average molecular weight is 548 g/mol. The van der Waals surface area contributed by atoms with Crippen molar-refractivity contribution in [2.45, 2.75) is 26.4 Å². The molecule has 4 heterocycles. The Hall–Kier alpha value is -5.18. The van der Waals surface area contributed by atoms with Crippen molar-refractivity contribution in [3.8, 4) is 10.6 Å². The minimum atomic E-state index is -1.23. The molecule has 0 saturated carbocycles. The number of nitrogens with one attached hydrogen (secondary N) is 2. The van der Waals surface area contributed by atoms with Gasteiger partial charge in [-0.3, -0.25) is 9.78 Å². The second-order valence-electron chi connectivity index (χ2n) is 9.17. The van der Waals surface area contributed by atoms with E-state index in [1.807, 2.05) is 0 Å². The van der Waals surface area contributed by atoms with Crippen LogP contribution in [0.2, 0.25) is 0 Å². The zero-order valence-electron chi connectivity index (χ0n) is 20.8. The van der Waals surface area contributed by atoms with Crippen LogP contribution in [0.25, 0.3) is 21.5 Å². The lowest BCUT2D eigenvalue weighted by Gasteiger charge is -2.25. The van der Waals surface area contributed by atoms with Gasteiger partial charge < -0.3 is 20.1 Å². The van der Waals surface area contributed by atoms with Gasteiger partial charge in [-0.05, 0) is 45.0 Å². The van der Waals surface area contributed by atoms with E-state index in [-0.39, 0.29) is 16.7 Å². The maximum absolute atomic E-state index is 13.3. The number of nitrogens with zero attached hydrogens (tertiary/aromatic N) is 7. The Labute approximate surface area is 224 Å². The number of amides is 2. The summed E-state index contributed by atoms with van der Waals surface area (Å²) in [5, 5.41) is 25.5. The van der Waals surface area contributed by atoms with E-state index in [0.29, 0.717) is 32.8 Å². The number of hydrogen-bond donors (Lipinski definition) is 3. The van der Waals surface area contributed by atoms with E-state index in [2.05, 4.69) is 35.6 Å². The van der Waals surface area contributed by atoms with Crippen LogP contribution in [0.1, 0.15) is 31.3 Å². The molecule has 3 N–H and O–H groups in total. The molecular weight excluding hydrogens is 526 g/mol. The normalized spacial score (nSPS) is 11.4. The first-order valence-electron chi connectivity index (χ1n) is 11.4. The van der Waals surface area contributed by atoms with Crippen LogP contribution in [0.15, 0.2) is 55.4 Å². The summed E-state index contributed by atoms with van der Waals surface area (Å²) in [7, 11) is 0. The van der Waals surface area contributed by atoms with E-state index in [0.717, 1.165) is 16.0 Å². The molecule has 0 radical (unpaired) electrons. The molecule has 198 valence electrons. The fraction of sp³-hybridized carbons (Fsp3) is 0.167. The van der Waals surface area contributed by atoms with Gasteiger partial charge in [0, 0.05) is 17.1 Å². The molecule has 39 heavy (non-hydrogen) atoms. The molecule has 2 amide bonds. The summed E-state index contributed by atoms with van der Waals surface area (Å²) in [6.07, 6.45) is 5.30. The highest BCUT2D eigenvalue weighted by atomic mass is 32.1. The molecule has 0 aliphatic heterocycles. The Bertz CT molecular complexity index is 1690. The van der Waals surface area contributed by atoms with Crippen molar-refractivity contribution >= 4 is 56.8 Å². The van der Waals surface area contributed by atoms with Crippen LogP contribution in [0.3, 0.4) is 0 Å². The first-order valence-corrected chi connectivity index (χ1v) is 12.2. The Morgan fingerprint density at radius 1 is 1.08 bits per heavy atom. The van der Waals surface area contributed by atoms with Crippen LogP contribution in [0.5, 0.6) is 0 Å². The van der Waals surface area contributed by atoms with Gasteiger partial charge in [0.15, 0.2) is 5.01 Å². The van der Waals surface area contributed by atoms with Crippen LogP contribution >= 0.6 is 11.3 Å². The quantitative estimate of drug-likeness (QED) is 0.283. The van der Waals surface area contributed by atoms with E-state index in [9.17, 15) is 19.5 Å². The molecule has 1 aromatic carbocycles. The molecule has 0 atom stereocenters. The molecule has 4 aromatic heterocycles. The van der Waals surface area contributed by atoms with Gasteiger partial charge in [0.1, 0.15) is 11.3 Å². The highest BCUT2D eigenvalue weighted by Crippen LogP contribution is 2.35. The third-order valence-electron chi connectivity index (χ3n) is 5.16. The number of H-pyrrole nitrogens is 1. The molecular formula is C24H21N9O5S. The molecule has 0 unspecified atom stereocenters. The summed E-state index contributed by atoms with van der Waals surface area (Å²) in [6.45, 7) is 5.22. The molecule has 0 saturated heterocycles. The highest BCUT2D eigenvalue weighted by molar-refractivity contribution is 7.18. The third kappa shape index (κ3) is 5.42. The lowest BCUT2D eigenvalue weighted by Crippen LogP contribution is -2.33. The average Bonchev–Trinajstić information content (AvgIpc) is 3.64. The predicted molar refractivity (Wildman–Crippen MR) is 141 cm³/mol. The molecule has 0 fully saturated rings. The Morgan fingerprint density at radius 3 is 2.62 bits per heavy atom. The second-order valence-corrected chi connectivity index (χ2v) is 10.1. The SMILES string of the molecule is CC(C)(C)OC(=O)N(c1ccc2c(cnn2C(=O)O)c1)c1nnc(-c2cncc(NC(=O)c3cnc[nH]3)c2)s1. The van der Waals surface area contributed by atoms with Crippen molar-refractivity contribution in [2.75, 3.05) is 10.2 Å². The first-order chi connectivity index (χ1) is 18.6. The molecule has 0 aliphatic carbocycles. The Balaban J connectivity index is 1.48. The summed E-state index contributed by atoms with van der Waals surface area (Å²) in [4.78, 5) is 49.1. The van der Waals surface area contributed by atoms with Crippen LogP contribution in [-0.4, -0.2) is 63.7 Å². The van der Waals surface area contributed by atoms with Crippen molar-refractivity contribution in [1.29, 1.82) is 0 Å². The summed E-state index contributed by atoms with van der Waals surface area (Å²) < 4.78 is 6.46. The lowest BCUT2D eigenvalue weighted by molar-refractivity contribution is 0.0598. The summed E-state index contributed by atoms with van der Waals surface area (Å²) >= 11 is 1.10. The molecule has 15 heteroatoms. The third-order valence-corrected chi connectivity index (χ3v) is 6.12. The smallest absolute Gasteiger partial charge is 0.432 e. The van der Waals surface area contributed by atoms with E-state index in [1.54, 1.807) is 51.2 Å². The van der Waals surface area contributed by atoms with Gasteiger partial charge >= 0.3 is 12.2 Å². The number of imidazole rings is 1. The van der Waals surface area contributed by atoms with Crippen molar-refractivity contribution < 1.29 is 24.2 Å². The maximum Gasteiger partial charge on any atom is 0.432 e. The van der Waals surface area contributed by atoms with Gasteiger partial charge in [0.2, 0.25) is 5.13 Å². The molecule has 0 bridgehead atoms. The summed E-state index contributed by atoms with van der Waals surface area (Å²) in [6, 6.07) is 6.40. The largest absolute Gasteiger partial charge is 0.463 e. The minimum absolute atomic E-state index is 0.205. The van der Waals surface area contributed by atoms with Gasteiger partial charge in [-0.2, -0.15) is 9.78 Å². The number of carboxylic acid groups (broad SMARTS) is 1. The fourth-order valence-corrected chi connectivity index (χ4v) is 4.38. The number of carbonyl (C=O) groups is 3. The second kappa shape index (κ2) is 9.94. The number of fused-ring (bicyclic) bond motifs is 1. The van der Waals surface area contributed by atoms with Gasteiger partial charge in [-0.1, -0.05) is 11.3 Å². The Morgan fingerprint density at radius 2 is 1.90 bits per heavy atom. The number of rotatable bonds is 5. The molecule has 14 nitrogen and oxygen atoms in total. The zero-order chi connectivity index (χ0) is 27.7. The topological polar surface area (TPSA) is 181 Å². The van der Waals surface area contributed by atoms with E-state index >= 15 is 0 Å². The molecule has 5 rings (SSSR count). The minimum Gasteiger partial charge on any atom is -0.463 e. The molecule has 0 aliphatic rings. The summed E-state index contributed by atoms with van der Waals surface area (Å²) in [5.74, 6) is -0.387. The highest BCUT2D eigenvalue weighted by Gasteiger charge is 2.28. The number of benzene rings is 1. The fourth-order valence-electron chi connectivity index (χ4n) is 3.54. The number of pyridine rings is 1. The van der Waals surface area contributed by atoms with Crippen molar-refractivity contribution in [1.82, 2.24) is 34.9 Å². The lowest BCUT2D eigenvalue weighted by atomic mass is 10.2. The molecule has 5 aromatic rings. The van der Waals surface area contributed by atoms with Crippen molar-refractivity contribution in [3.05, 3.63) is 61.1 Å². The number of aromatic amines is 1. The number of ether oxygens (including phenoxy) is 1. The van der Waals surface area contributed by atoms with Crippen LogP contribution < -0.4 is 10.2 Å². The monoisotopic (exact) mass is 547 g/mol. The van der Waals surface area contributed by atoms with E-state index in [1.165, 1.54) is 29.8 Å². The number of carbonyl (C=O) groups excluding carboxylic acids is 2. The number of hydrogen-bond acceptors (Lipinski definition) is 10. The summed E-state index contributed by atoms with van der Waals surface area (Å²) in [5.41, 5.74) is 1.21. The van der Waals surface area contributed by atoms with Gasteiger partial charge in [-0.25, -0.2) is 19.5 Å². The van der Waals surface area contributed by atoms with Crippen molar-refractivity contribution in [3.63, 3.8) is 0 Å². The van der Waals surface area contributed by atoms with Crippen molar-refractivity contribution in [2.24, 2.45) is 0 Å². The van der Waals surface area contributed by atoms with E-state index < -0.39 is 17.8 Å². The van der Waals surface area contributed by atoms with Gasteiger partial charge in [0.25, 0.3) is 5.91 Å².